The molecule has 2 atom stereocenters. The normalized spacial score (nSPS) is 17.4. The molecule has 2 amide bonds. The van der Waals surface area contributed by atoms with Gasteiger partial charge in [0.05, 0.1) is 0 Å². The van der Waals surface area contributed by atoms with E-state index in [1.54, 1.807) is 19.2 Å². The third-order valence-corrected chi connectivity index (χ3v) is 2.58. The number of halogens is 2. The first kappa shape index (κ1) is 17.1. The fourth-order valence-electron chi connectivity index (χ4n) is 1.18. The molecule has 0 spiro atoms. The first-order chi connectivity index (χ1) is 8.23. The van der Waals surface area contributed by atoms with E-state index in [1.807, 2.05) is 0 Å². The predicted octanol–water partition coefficient (Wildman–Crippen LogP) is 0.129. The van der Waals surface area contributed by atoms with Crippen molar-refractivity contribution in [3.63, 3.8) is 0 Å². The topological polar surface area (TPSA) is 70.2 Å². The highest BCUT2D eigenvalue weighted by Gasteiger charge is 2.43. The molecule has 0 heterocycles. The second-order valence-electron chi connectivity index (χ2n) is 3.81. The van der Waals surface area contributed by atoms with Crippen LogP contribution in [0.1, 0.15) is 20.8 Å². The van der Waals surface area contributed by atoms with E-state index in [9.17, 15) is 18.4 Å². The summed E-state index contributed by atoms with van der Waals surface area (Å²) in [6.07, 6.45) is 0. The molecule has 0 aliphatic heterocycles. The molecule has 5 nitrogen and oxygen atoms in total. The second-order valence-corrected chi connectivity index (χ2v) is 4.12. The number of carbonyl (C=O) groups is 2. The number of carbonyl (C=O) groups excluding carboxylic acids is 2. The highest BCUT2D eigenvalue weighted by atomic mass is 32.1. The van der Waals surface area contributed by atoms with E-state index in [1.165, 1.54) is 0 Å². The largest absolute Gasteiger partial charge is 0.352 e. The van der Waals surface area contributed by atoms with Gasteiger partial charge in [-0.3, -0.25) is 14.9 Å². The summed E-state index contributed by atoms with van der Waals surface area (Å²) in [7, 11) is 0. The van der Waals surface area contributed by atoms with Gasteiger partial charge in [-0.15, -0.1) is 0 Å². The minimum atomic E-state index is -2.68. The predicted molar refractivity (Wildman–Crippen MR) is 67.7 cm³/mol. The average molecular weight is 283 g/mol. The molecule has 0 saturated heterocycles. The van der Waals surface area contributed by atoms with Crippen LogP contribution in [0.15, 0.2) is 0 Å². The van der Waals surface area contributed by atoms with Crippen LogP contribution in [0, 0.1) is 0 Å². The zero-order valence-corrected chi connectivity index (χ0v) is 11.5. The zero-order chi connectivity index (χ0) is 14.4. The van der Waals surface area contributed by atoms with E-state index in [4.69, 9.17) is 0 Å². The summed E-state index contributed by atoms with van der Waals surface area (Å²) in [6, 6.07) is 0. The third-order valence-electron chi connectivity index (χ3n) is 2.15. The first-order valence-electron chi connectivity index (χ1n) is 5.58. The smallest absolute Gasteiger partial charge is 0.278 e. The van der Waals surface area contributed by atoms with E-state index >= 15 is 0 Å². The summed E-state index contributed by atoms with van der Waals surface area (Å²) in [5, 5.41) is 6.16. The summed E-state index contributed by atoms with van der Waals surface area (Å²) in [5.74, 6) is -7.97. The molecule has 3 N–H and O–H groups in total. The van der Waals surface area contributed by atoms with Gasteiger partial charge in [-0.1, -0.05) is 6.92 Å². The van der Waals surface area contributed by atoms with Gasteiger partial charge in [0.25, 0.3) is 17.6 Å². The van der Waals surface area contributed by atoms with E-state index in [0.717, 1.165) is 6.92 Å². The molecule has 0 saturated carbocycles. The number of likely N-dealkylation sites (N-methyl/N-ethyl adjacent to an activating group) is 2. The number of thiol groups is 1. The average Bonchev–Trinajstić information content (AvgIpc) is 2.28. The Balaban J connectivity index is 4.77. The third kappa shape index (κ3) is 4.41. The molecule has 0 fully saturated rings. The molecule has 8 heteroatoms. The van der Waals surface area contributed by atoms with Crippen molar-refractivity contribution in [2.45, 2.75) is 32.4 Å². The molecule has 0 aliphatic carbocycles. The highest BCUT2D eigenvalue weighted by molar-refractivity contribution is 7.80. The maximum Gasteiger partial charge on any atom is 0.278 e. The molecule has 0 aromatic heterocycles. The zero-order valence-electron chi connectivity index (χ0n) is 10.6. The number of hydrogen-bond donors (Lipinski definition) is 4. The minimum absolute atomic E-state index is 0.161. The fourth-order valence-corrected chi connectivity index (χ4v) is 1.44. The van der Waals surface area contributed by atoms with Crippen molar-refractivity contribution in [1.29, 1.82) is 0 Å². The molecule has 2 unspecified atom stereocenters. The molecule has 0 aliphatic rings. The monoisotopic (exact) mass is 283 g/mol. The van der Waals surface area contributed by atoms with Gasteiger partial charge in [0.15, 0.2) is 0 Å². The number of amides is 2. The Bertz CT molecular complexity index is 315. The minimum Gasteiger partial charge on any atom is -0.352 e. The van der Waals surface area contributed by atoms with Gasteiger partial charge in [0, 0.05) is 12.3 Å². The molecule has 0 aromatic rings. The fraction of sp³-hybridized carbons (Fsp3) is 0.800. The van der Waals surface area contributed by atoms with Crippen molar-refractivity contribution in [1.82, 2.24) is 16.0 Å². The molecule has 0 bridgehead atoms. The van der Waals surface area contributed by atoms with Crippen LogP contribution < -0.4 is 16.0 Å². The quantitative estimate of drug-likeness (QED) is 0.396. The van der Waals surface area contributed by atoms with E-state index in [2.05, 4.69) is 23.3 Å². The van der Waals surface area contributed by atoms with Crippen LogP contribution in [-0.2, 0) is 9.59 Å². The second kappa shape index (κ2) is 6.89. The molecule has 0 rings (SSSR count). The Morgan fingerprint density at radius 2 is 1.72 bits per heavy atom. The SMILES string of the molecule is CCNC(=O)C(C)(F)NC(=O)C(F)(CS)NCC. The Morgan fingerprint density at radius 1 is 1.17 bits per heavy atom. The lowest BCUT2D eigenvalue weighted by Crippen LogP contribution is -2.62. The summed E-state index contributed by atoms with van der Waals surface area (Å²) >= 11 is 3.70. The van der Waals surface area contributed by atoms with Crippen LogP contribution in [-0.4, -0.2) is 42.2 Å². The molecule has 18 heavy (non-hydrogen) atoms. The molecule has 0 radical (unpaired) electrons. The maximum absolute atomic E-state index is 14.0. The van der Waals surface area contributed by atoms with Crippen molar-refractivity contribution >= 4 is 24.4 Å². The van der Waals surface area contributed by atoms with Crippen molar-refractivity contribution in [3.8, 4) is 0 Å². The van der Waals surface area contributed by atoms with Gasteiger partial charge < -0.3 is 10.6 Å². The maximum atomic E-state index is 14.0. The van der Waals surface area contributed by atoms with Crippen LogP contribution in [0.5, 0.6) is 0 Å². The van der Waals surface area contributed by atoms with Crippen molar-refractivity contribution in [3.05, 3.63) is 0 Å². The number of nitrogens with one attached hydrogen (secondary N) is 3. The summed E-state index contributed by atoms with van der Waals surface area (Å²) < 4.78 is 27.9. The molecular formula is C10H19F2N3O2S. The lowest BCUT2D eigenvalue weighted by molar-refractivity contribution is -0.145. The Hall–Kier alpha value is -0.890. The lowest BCUT2D eigenvalue weighted by atomic mass is 10.2. The Morgan fingerprint density at radius 3 is 2.11 bits per heavy atom. The van der Waals surface area contributed by atoms with Gasteiger partial charge in [-0.25, -0.2) is 8.78 Å². The van der Waals surface area contributed by atoms with Crippen LogP contribution in [0.25, 0.3) is 0 Å². The summed E-state index contributed by atoms with van der Waals surface area (Å²) in [5.41, 5.74) is 0. The first-order valence-corrected chi connectivity index (χ1v) is 6.21. The highest BCUT2D eigenvalue weighted by Crippen LogP contribution is 2.13. The van der Waals surface area contributed by atoms with Gasteiger partial charge in [0.1, 0.15) is 0 Å². The number of alkyl halides is 2. The van der Waals surface area contributed by atoms with Crippen LogP contribution >= 0.6 is 12.6 Å². The molecule has 106 valence electrons. The summed E-state index contributed by atoms with van der Waals surface area (Å²) in [4.78, 5) is 22.9. The Labute approximate surface area is 110 Å². The molecular weight excluding hydrogens is 264 g/mol. The van der Waals surface area contributed by atoms with Crippen molar-refractivity contribution < 1.29 is 18.4 Å². The van der Waals surface area contributed by atoms with Gasteiger partial charge in [-0.2, -0.15) is 12.6 Å². The lowest BCUT2D eigenvalue weighted by Gasteiger charge is -2.27. The standard InChI is InChI=1S/C10H19F2N3O2S/c1-4-13-7(16)9(3,11)15-8(17)10(12,6-18)14-5-2/h14,18H,4-6H2,1-3H3,(H,13,16)(H,15,17). The summed E-state index contributed by atoms with van der Waals surface area (Å²) in [6.45, 7) is 4.40. The van der Waals surface area contributed by atoms with Gasteiger partial charge >= 0.3 is 0 Å². The van der Waals surface area contributed by atoms with Crippen molar-refractivity contribution in [2.24, 2.45) is 0 Å². The van der Waals surface area contributed by atoms with Crippen LogP contribution in [0.3, 0.4) is 0 Å². The van der Waals surface area contributed by atoms with Crippen molar-refractivity contribution in [2.75, 3.05) is 18.8 Å². The van der Waals surface area contributed by atoms with Gasteiger partial charge in [-0.05, 0) is 20.4 Å². The molecule has 0 aromatic carbocycles. The Kier molecular flexibility index (Phi) is 6.55. The van der Waals surface area contributed by atoms with Gasteiger partial charge in [0.2, 0.25) is 5.79 Å². The van der Waals surface area contributed by atoms with E-state index in [0.29, 0.717) is 0 Å². The number of rotatable bonds is 7. The van der Waals surface area contributed by atoms with E-state index < -0.39 is 29.2 Å². The van der Waals surface area contributed by atoms with Crippen LogP contribution in [0.2, 0.25) is 0 Å². The van der Waals surface area contributed by atoms with Crippen LogP contribution in [0.4, 0.5) is 8.78 Å². The number of hydrogen-bond acceptors (Lipinski definition) is 4. The van der Waals surface area contributed by atoms with E-state index in [-0.39, 0.29) is 13.1 Å².